The molecule has 1 fully saturated rings. The van der Waals surface area contributed by atoms with E-state index in [1.165, 1.54) is 24.3 Å². The molecule has 3 aromatic carbocycles. The smallest absolute Gasteiger partial charge is 0.262 e. The van der Waals surface area contributed by atoms with Gasteiger partial charge in [-0.15, -0.1) is 0 Å². The highest BCUT2D eigenvalue weighted by Crippen LogP contribution is 2.34. The Kier molecular flexibility index (Phi) is 9.43. The van der Waals surface area contributed by atoms with Crippen LogP contribution in [-0.2, 0) is 10.0 Å². The molecule has 2 heterocycles. The van der Waals surface area contributed by atoms with E-state index in [-0.39, 0.29) is 22.2 Å². The van der Waals surface area contributed by atoms with Crippen LogP contribution in [0.2, 0.25) is 10.0 Å². The van der Waals surface area contributed by atoms with Crippen molar-refractivity contribution in [3.8, 4) is 11.5 Å². The molecule has 1 amide bonds. The number of nitrogens with zero attached hydrogens (tertiary/aromatic N) is 4. The van der Waals surface area contributed by atoms with Gasteiger partial charge in [0.25, 0.3) is 15.9 Å². The predicted octanol–water partition coefficient (Wildman–Crippen LogP) is 4.93. The monoisotopic (exact) mass is 626 g/mol. The number of carbonyl (C=O) groups excluding carboxylic acids is 1. The van der Waals surface area contributed by atoms with Gasteiger partial charge in [0.05, 0.1) is 20.6 Å². The fraction of sp³-hybridized carbons (Fsp3) is 0.207. The number of benzene rings is 3. The summed E-state index contributed by atoms with van der Waals surface area (Å²) in [4.78, 5) is 25.7. The summed E-state index contributed by atoms with van der Waals surface area (Å²) in [7, 11) is -3.97. The number of nitrogens with one attached hydrogen (secondary N) is 2. The Labute approximate surface area is 254 Å². The van der Waals surface area contributed by atoms with Gasteiger partial charge in [0.15, 0.2) is 5.75 Å². The van der Waals surface area contributed by atoms with E-state index < -0.39 is 10.0 Å². The van der Waals surface area contributed by atoms with Crippen molar-refractivity contribution in [3.63, 3.8) is 0 Å². The Morgan fingerprint density at radius 3 is 2.31 bits per heavy atom. The minimum atomic E-state index is -3.97. The first-order valence-electron chi connectivity index (χ1n) is 13.2. The number of sulfonamides is 1. The molecular formula is C29H28Cl2N6O4S. The first-order valence-corrected chi connectivity index (χ1v) is 15.4. The zero-order valence-electron chi connectivity index (χ0n) is 22.4. The normalized spacial score (nSPS) is 13.9. The summed E-state index contributed by atoms with van der Waals surface area (Å²) in [6.45, 7) is 4.49. The number of hydrogen-bond donors (Lipinski definition) is 2. The molecule has 42 heavy (non-hydrogen) atoms. The number of anilines is 2. The van der Waals surface area contributed by atoms with Gasteiger partial charge in [-0.05, 0) is 54.6 Å². The lowest BCUT2D eigenvalue weighted by Crippen LogP contribution is -2.49. The molecule has 0 atom stereocenters. The third-order valence-electron chi connectivity index (χ3n) is 6.60. The number of aromatic nitrogens is 2. The maximum absolute atomic E-state index is 13.1. The second-order valence-electron chi connectivity index (χ2n) is 9.44. The van der Waals surface area contributed by atoms with E-state index in [0.29, 0.717) is 34.4 Å². The van der Waals surface area contributed by atoms with Crippen LogP contribution in [0.25, 0.3) is 0 Å². The Morgan fingerprint density at radius 2 is 1.60 bits per heavy atom. The van der Waals surface area contributed by atoms with Crippen LogP contribution >= 0.6 is 23.2 Å². The van der Waals surface area contributed by atoms with Crippen LogP contribution < -0.4 is 19.7 Å². The highest BCUT2D eigenvalue weighted by molar-refractivity contribution is 7.92. The molecule has 2 N–H and O–H groups in total. The molecule has 0 radical (unpaired) electrons. The van der Waals surface area contributed by atoms with Crippen molar-refractivity contribution in [1.29, 1.82) is 0 Å². The molecule has 4 aromatic rings. The highest BCUT2D eigenvalue weighted by atomic mass is 35.5. The van der Waals surface area contributed by atoms with Crippen molar-refractivity contribution in [2.24, 2.45) is 0 Å². The quantitative estimate of drug-likeness (QED) is 0.254. The van der Waals surface area contributed by atoms with E-state index in [1.807, 2.05) is 0 Å². The van der Waals surface area contributed by atoms with Crippen LogP contribution in [0.3, 0.4) is 0 Å². The van der Waals surface area contributed by atoms with Crippen molar-refractivity contribution in [2.45, 2.75) is 4.90 Å². The molecule has 0 aliphatic carbocycles. The van der Waals surface area contributed by atoms with Gasteiger partial charge in [0, 0.05) is 63.3 Å². The van der Waals surface area contributed by atoms with Crippen molar-refractivity contribution in [3.05, 3.63) is 101 Å². The summed E-state index contributed by atoms with van der Waals surface area (Å²) in [5.41, 5.74) is 0.603. The Bertz CT molecular complexity index is 1630. The largest absolute Gasteiger partial charge is 0.455 e. The van der Waals surface area contributed by atoms with Gasteiger partial charge in [-0.3, -0.25) is 14.4 Å². The number of para-hydroxylation sites is 2. The van der Waals surface area contributed by atoms with Crippen molar-refractivity contribution in [2.75, 3.05) is 48.9 Å². The van der Waals surface area contributed by atoms with Crippen LogP contribution in [-0.4, -0.2) is 68.5 Å². The van der Waals surface area contributed by atoms with Gasteiger partial charge >= 0.3 is 0 Å². The molecule has 0 unspecified atom stereocenters. The Morgan fingerprint density at radius 1 is 0.881 bits per heavy atom. The number of hydrogen-bond acceptors (Lipinski definition) is 8. The van der Waals surface area contributed by atoms with E-state index in [4.69, 9.17) is 27.9 Å². The molecule has 0 spiro atoms. The first-order chi connectivity index (χ1) is 20.3. The molecule has 0 saturated carbocycles. The van der Waals surface area contributed by atoms with Crippen LogP contribution in [0.15, 0.2) is 90.1 Å². The lowest BCUT2D eigenvalue weighted by atomic mass is 10.2. The molecular weight excluding hydrogens is 599 g/mol. The first kappa shape index (κ1) is 29.6. The van der Waals surface area contributed by atoms with Crippen molar-refractivity contribution < 1.29 is 17.9 Å². The summed E-state index contributed by atoms with van der Waals surface area (Å²) >= 11 is 12.0. The number of ether oxygens (including phenoxy) is 1. The topological polar surface area (TPSA) is 117 Å². The van der Waals surface area contributed by atoms with Gasteiger partial charge < -0.3 is 15.0 Å². The predicted molar refractivity (Wildman–Crippen MR) is 163 cm³/mol. The second-order valence-corrected chi connectivity index (χ2v) is 11.9. The molecule has 1 saturated heterocycles. The second kappa shape index (κ2) is 13.4. The Hall–Kier alpha value is -3.90. The van der Waals surface area contributed by atoms with E-state index in [2.05, 4.69) is 29.8 Å². The fourth-order valence-corrected chi connectivity index (χ4v) is 5.71. The van der Waals surface area contributed by atoms with Crippen LogP contribution in [0.5, 0.6) is 11.5 Å². The number of halogens is 2. The average Bonchev–Trinajstić information content (AvgIpc) is 3.01. The van der Waals surface area contributed by atoms with E-state index in [1.54, 1.807) is 60.9 Å². The van der Waals surface area contributed by atoms with Crippen molar-refractivity contribution in [1.82, 2.24) is 20.2 Å². The molecule has 0 bridgehead atoms. The molecule has 13 heteroatoms. The van der Waals surface area contributed by atoms with Gasteiger partial charge in [-0.2, -0.15) is 0 Å². The van der Waals surface area contributed by atoms with E-state index in [0.717, 1.165) is 32.1 Å². The SMILES string of the molecule is O=C(NCCN1CCN(c2ncccn2)CC1)c1ccc(S(=O)(=O)Nc2ccccc2Oc2ccc(Cl)c(Cl)c2)cc1. The molecule has 218 valence electrons. The summed E-state index contributed by atoms with van der Waals surface area (Å²) in [6, 6.07) is 18.9. The molecule has 1 aromatic heterocycles. The van der Waals surface area contributed by atoms with E-state index >= 15 is 0 Å². The number of amides is 1. The third kappa shape index (κ3) is 7.48. The summed E-state index contributed by atoms with van der Waals surface area (Å²) in [6.07, 6.45) is 3.47. The van der Waals surface area contributed by atoms with Gasteiger partial charge in [-0.1, -0.05) is 35.3 Å². The van der Waals surface area contributed by atoms with Gasteiger partial charge in [-0.25, -0.2) is 18.4 Å². The lowest BCUT2D eigenvalue weighted by Gasteiger charge is -2.34. The minimum Gasteiger partial charge on any atom is -0.455 e. The maximum atomic E-state index is 13.1. The van der Waals surface area contributed by atoms with Crippen molar-refractivity contribution >= 4 is 50.8 Å². The number of rotatable bonds is 10. The maximum Gasteiger partial charge on any atom is 0.262 e. The minimum absolute atomic E-state index is 0.00339. The van der Waals surface area contributed by atoms with E-state index in [9.17, 15) is 13.2 Å². The zero-order valence-corrected chi connectivity index (χ0v) is 24.7. The van der Waals surface area contributed by atoms with Crippen LogP contribution in [0.1, 0.15) is 10.4 Å². The van der Waals surface area contributed by atoms with Gasteiger partial charge in [0.2, 0.25) is 5.95 Å². The zero-order chi connectivity index (χ0) is 29.5. The molecule has 1 aliphatic rings. The highest BCUT2D eigenvalue weighted by Gasteiger charge is 2.20. The number of carbonyl (C=O) groups is 1. The number of piperazine rings is 1. The summed E-state index contributed by atoms with van der Waals surface area (Å²) in [5, 5.41) is 3.60. The molecule has 5 rings (SSSR count). The average molecular weight is 628 g/mol. The summed E-state index contributed by atoms with van der Waals surface area (Å²) in [5.74, 6) is 1.14. The van der Waals surface area contributed by atoms with Crippen LogP contribution in [0, 0.1) is 0 Å². The van der Waals surface area contributed by atoms with Crippen LogP contribution in [0.4, 0.5) is 11.6 Å². The standard InChI is InChI=1S/C29H28Cl2N6O4S/c30-24-11-8-22(20-25(24)31)41-27-5-2-1-4-26(27)35-42(39,40)23-9-6-21(7-10-23)28(38)32-14-15-36-16-18-37(19-17-36)29-33-12-3-13-34-29/h1-13,20,35H,14-19H2,(H,32,38). The van der Waals surface area contributed by atoms with Gasteiger partial charge in [0.1, 0.15) is 5.75 Å². The third-order valence-corrected chi connectivity index (χ3v) is 8.72. The summed E-state index contributed by atoms with van der Waals surface area (Å²) < 4.78 is 34.7. The lowest BCUT2D eigenvalue weighted by molar-refractivity contribution is 0.0947. The Balaban J connectivity index is 1.13. The molecule has 1 aliphatic heterocycles. The molecule has 10 nitrogen and oxygen atoms in total. The fourth-order valence-electron chi connectivity index (χ4n) is 4.35.